The lowest BCUT2D eigenvalue weighted by Crippen LogP contribution is -2.49. The number of hydrogen-bond donors (Lipinski definition) is 4. The van der Waals surface area contributed by atoms with Crippen molar-refractivity contribution in [1.82, 2.24) is 21.3 Å². The van der Waals surface area contributed by atoms with Crippen molar-refractivity contribution in [3.63, 3.8) is 0 Å². The molecule has 0 atom stereocenters. The third kappa shape index (κ3) is 3.56. The molecule has 0 aromatic rings. The van der Waals surface area contributed by atoms with Gasteiger partial charge in [-0.05, 0) is 0 Å². The molecule has 0 radical (unpaired) electrons. The second kappa shape index (κ2) is 5.69. The molecule has 8 nitrogen and oxygen atoms in total. The molecule has 2 aliphatic rings. The first-order valence-corrected chi connectivity index (χ1v) is 4.73. The first kappa shape index (κ1) is 12.0. The topological polar surface area (TPSA) is 116 Å². The molecule has 2 fully saturated rings. The van der Waals surface area contributed by atoms with Crippen LogP contribution in [0.4, 0.5) is 0 Å². The van der Waals surface area contributed by atoms with Gasteiger partial charge in [-0.15, -0.1) is 0 Å². The molecule has 8 heteroatoms. The zero-order valence-electron chi connectivity index (χ0n) is 8.46. The van der Waals surface area contributed by atoms with E-state index < -0.39 is 23.6 Å². The number of carbonyl (C=O) groups is 4. The van der Waals surface area contributed by atoms with Crippen molar-refractivity contribution < 1.29 is 19.2 Å². The van der Waals surface area contributed by atoms with E-state index in [4.69, 9.17) is 0 Å². The third-order valence-electron chi connectivity index (χ3n) is 1.80. The van der Waals surface area contributed by atoms with Gasteiger partial charge in [0.2, 0.25) is 0 Å². The lowest BCUT2D eigenvalue weighted by atomic mass is 10.4. The number of amides is 4. The Morgan fingerprint density at radius 3 is 0.812 bits per heavy atom. The van der Waals surface area contributed by atoms with E-state index in [1.54, 1.807) is 0 Å². The number of carbonyl (C=O) groups excluding carboxylic acids is 4. The smallest absolute Gasteiger partial charge is 0.309 e. The maximum Gasteiger partial charge on any atom is 0.309 e. The van der Waals surface area contributed by atoms with Crippen LogP contribution >= 0.6 is 0 Å². The molecule has 0 unspecified atom stereocenters. The average Bonchev–Trinajstić information content (AvgIpc) is 2.28. The predicted octanol–water partition coefficient (Wildman–Crippen LogP) is -3.54. The van der Waals surface area contributed by atoms with E-state index in [1.165, 1.54) is 0 Å². The lowest BCUT2D eigenvalue weighted by Gasteiger charge is -2.10. The van der Waals surface area contributed by atoms with Crippen molar-refractivity contribution in [3.8, 4) is 0 Å². The van der Waals surface area contributed by atoms with Crippen LogP contribution in [0, 0.1) is 0 Å². The molecule has 2 aliphatic heterocycles. The van der Waals surface area contributed by atoms with Crippen LogP contribution in [-0.2, 0) is 19.2 Å². The molecule has 16 heavy (non-hydrogen) atoms. The van der Waals surface area contributed by atoms with Gasteiger partial charge < -0.3 is 21.3 Å². The summed E-state index contributed by atoms with van der Waals surface area (Å²) in [6.45, 7) is 2.18. The standard InChI is InChI=1S/2C4H6N2O2/c2*7-3-4(8)6-2-1-5-3/h2*1-2H2,(H,5,7)(H,6,8). The van der Waals surface area contributed by atoms with Gasteiger partial charge in [0.15, 0.2) is 0 Å². The number of hydrogen-bond acceptors (Lipinski definition) is 4. The van der Waals surface area contributed by atoms with Gasteiger partial charge in [0, 0.05) is 26.2 Å². The predicted molar refractivity (Wildman–Crippen MR) is 52.0 cm³/mol. The van der Waals surface area contributed by atoms with Gasteiger partial charge in [-0.2, -0.15) is 0 Å². The first-order chi connectivity index (χ1) is 7.61. The molecule has 2 heterocycles. The molecule has 0 aliphatic carbocycles. The summed E-state index contributed by atoms with van der Waals surface area (Å²) in [7, 11) is 0. The van der Waals surface area contributed by atoms with E-state index in [0.29, 0.717) is 26.2 Å². The van der Waals surface area contributed by atoms with Crippen molar-refractivity contribution >= 4 is 23.6 Å². The molecule has 88 valence electrons. The van der Waals surface area contributed by atoms with Crippen LogP contribution in [0.1, 0.15) is 0 Å². The van der Waals surface area contributed by atoms with Gasteiger partial charge in [-0.3, -0.25) is 19.2 Å². The molecule has 0 aromatic heterocycles. The average molecular weight is 228 g/mol. The Labute approximate surface area is 91.1 Å². The third-order valence-corrected chi connectivity index (χ3v) is 1.80. The quantitative estimate of drug-likeness (QED) is 0.321. The summed E-state index contributed by atoms with van der Waals surface area (Å²) in [5.41, 5.74) is 0. The van der Waals surface area contributed by atoms with Crippen LogP contribution in [0.15, 0.2) is 0 Å². The summed E-state index contributed by atoms with van der Waals surface area (Å²) < 4.78 is 0. The van der Waals surface area contributed by atoms with E-state index in [0.717, 1.165) is 0 Å². The summed E-state index contributed by atoms with van der Waals surface area (Å²) in [6, 6.07) is 0. The van der Waals surface area contributed by atoms with Gasteiger partial charge in [-0.25, -0.2) is 0 Å². The zero-order valence-corrected chi connectivity index (χ0v) is 8.46. The Balaban J connectivity index is 0.000000160. The number of nitrogens with one attached hydrogen (secondary N) is 4. The van der Waals surface area contributed by atoms with Crippen LogP contribution < -0.4 is 21.3 Å². The Morgan fingerprint density at radius 1 is 0.500 bits per heavy atom. The fourth-order valence-corrected chi connectivity index (χ4v) is 1.03. The molecule has 0 aromatic carbocycles. The maximum absolute atomic E-state index is 10.3. The fraction of sp³-hybridized carbons (Fsp3) is 0.500. The molecule has 0 spiro atoms. The molecule has 4 amide bonds. The molecular weight excluding hydrogens is 216 g/mol. The Hall–Kier alpha value is -2.12. The van der Waals surface area contributed by atoms with Gasteiger partial charge in [0.1, 0.15) is 0 Å². The minimum absolute atomic E-state index is 0.531. The van der Waals surface area contributed by atoms with Gasteiger partial charge in [0.05, 0.1) is 0 Å². The molecule has 2 rings (SSSR count). The second-order valence-corrected chi connectivity index (χ2v) is 3.02. The monoisotopic (exact) mass is 228 g/mol. The first-order valence-electron chi connectivity index (χ1n) is 4.73. The molecule has 4 N–H and O–H groups in total. The van der Waals surface area contributed by atoms with Crippen LogP contribution in [0.3, 0.4) is 0 Å². The van der Waals surface area contributed by atoms with Crippen molar-refractivity contribution in [2.75, 3.05) is 26.2 Å². The van der Waals surface area contributed by atoms with Gasteiger partial charge in [0.25, 0.3) is 0 Å². The second-order valence-electron chi connectivity index (χ2n) is 3.02. The highest BCUT2D eigenvalue weighted by atomic mass is 16.2. The highest BCUT2D eigenvalue weighted by Crippen LogP contribution is 1.74. The van der Waals surface area contributed by atoms with Crippen molar-refractivity contribution in [3.05, 3.63) is 0 Å². The zero-order chi connectivity index (χ0) is 12.0. The Bertz CT molecular complexity index is 264. The fourth-order valence-electron chi connectivity index (χ4n) is 1.03. The Morgan fingerprint density at radius 2 is 0.688 bits per heavy atom. The lowest BCUT2D eigenvalue weighted by molar-refractivity contribution is -0.140. The normalized spacial score (nSPS) is 19.5. The molecule has 0 saturated carbocycles. The van der Waals surface area contributed by atoms with Crippen LogP contribution in [0.2, 0.25) is 0 Å². The van der Waals surface area contributed by atoms with Crippen LogP contribution in [0.25, 0.3) is 0 Å². The summed E-state index contributed by atoms with van der Waals surface area (Å²) in [4.78, 5) is 41.1. The van der Waals surface area contributed by atoms with E-state index in [-0.39, 0.29) is 0 Å². The largest absolute Gasteiger partial charge is 0.346 e. The summed E-state index contributed by atoms with van der Waals surface area (Å²) in [5.74, 6) is -2.12. The number of rotatable bonds is 0. The summed E-state index contributed by atoms with van der Waals surface area (Å²) >= 11 is 0. The van der Waals surface area contributed by atoms with Crippen LogP contribution in [0.5, 0.6) is 0 Å². The minimum atomic E-state index is -0.531. The van der Waals surface area contributed by atoms with Crippen molar-refractivity contribution in [2.24, 2.45) is 0 Å². The van der Waals surface area contributed by atoms with E-state index in [9.17, 15) is 19.2 Å². The summed E-state index contributed by atoms with van der Waals surface area (Å²) in [5, 5.41) is 9.52. The molecular formula is C8H12N4O4. The van der Waals surface area contributed by atoms with Crippen molar-refractivity contribution in [2.45, 2.75) is 0 Å². The van der Waals surface area contributed by atoms with Gasteiger partial charge >= 0.3 is 23.6 Å². The Kier molecular flexibility index (Phi) is 4.25. The van der Waals surface area contributed by atoms with Crippen molar-refractivity contribution in [1.29, 1.82) is 0 Å². The highest BCUT2D eigenvalue weighted by Gasteiger charge is 2.16. The van der Waals surface area contributed by atoms with E-state index in [1.807, 2.05) is 0 Å². The highest BCUT2D eigenvalue weighted by molar-refractivity contribution is 6.35. The van der Waals surface area contributed by atoms with E-state index >= 15 is 0 Å². The minimum Gasteiger partial charge on any atom is -0.346 e. The maximum atomic E-state index is 10.3. The summed E-state index contributed by atoms with van der Waals surface area (Å²) in [6.07, 6.45) is 0. The number of piperazine rings is 2. The molecule has 0 bridgehead atoms. The van der Waals surface area contributed by atoms with E-state index in [2.05, 4.69) is 21.3 Å². The van der Waals surface area contributed by atoms with Crippen LogP contribution in [-0.4, -0.2) is 49.8 Å². The molecule has 2 saturated heterocycles. The SMILES string of the molecule is O=C1NCCNC1=O.O=C1NCCNC1=O. The van der Waals surface area contributed by atoms with Gasteiger partial charge in [-0.1, -0.05) is 0 Å².